The van der Waals surface area contributed by atoms with Gasteiger partial charge in [0.15, 0.2) is 22.9 Å². The van der Waals surface area contributed by atoms with E-state index in [0.29, 0.717) is 46.1 Å². The van der Waals surface area contributed by atoms with Crippen LogP contribution in [0.4, 0.5) is 5.82 Å². The number of halogens is 1. The lowest BCUT2D eigenvalue weighted by molar-refractivity contribution is -0.140. The zero-order chi connectivity index (χ0) is 31.6. The molecule has 2 aromatic rings. The molecule has 2 aliphatic rings. The minimum absolute atomic E-state index is 0.104. The second-order valence-electron chi connectivity index (χ2n) is 9.55. The highest BCUT2D eigenvalue weighted by atomic mass is 35.5. The second kappa shape index (κ2) is 20.2. The third-order valence-electron chi connectivity index (χ3n) is 6.82. The fourth-order valence-electron chi connectivity index (χ4n) is 4.54. The van der Waals surface area contributed by atoms with Gasteiger partial charge in [0, 0.05) is 24.5 Å². The molecule has 0 atom stereocenters. The first-order chi connectivity index (χ1) is 20.8. The lowest BCUT2D eigenvalue weighted by Gasteiger charge is -2.29. The quantitative estimate of drug-likeness (QED) is 0.120. The van der Waals surface area contributed by atoms with Crippen molar-refractivity contribution < 1.29 is 28.7 Å². The molecular weight excluding hydrogens is 616 g/mol. The summed E-state index contributed by atoms with van der Waals surface area (Å²) >= 11 is 8.40. The summed E-state index contributed by atoms with van der Waals surface area (Å²) < 4.78 is 9.28. The number of methoxy groups -OCH3 is 2. The molecule has 4 rings (SSSR count). The van der Waals surface area contributed by atoms with Gasteiger partial charge in [-0.15, -0.1) is 0 Å². The number of anilines is 1. The highest BCUT2D eigenvalue weighted by Crippen LogP contribution is 2.29. The van der Waals surface area contributed by atoms with Gasteiger partial charge in [-0.1, -0.05) is 60.8 Å². The molecule has 0 radical (unpaired) electrons. The largest absolute Gasteiger partial charge is 0.468 e. The van der Waals surface area contributed by atoms with Crippen molar-refractivity contribution in [3.63, 3.8) is 0 Å². The van der Waals surface area contributed by atoms with E-state index in [1.54, 1.807) is 0 Å². The smallest absolute Gasteiger partial charge is 0.325 e. The number of hydrogen-bond donors (Lipinski definition) is 1. The number of thioether (sulfide) groups is 2. The number of aldehydes is 2. The van der Waals surface area contributed by atoms with E-state index in [2.05, 4.69) is 30.0 Å². The van der Waals surface area contributed by atoms with Gasteiger partial charge in [-0.3, -0.25) is 19.2 Å². The molecule has 2 heterocycles. The van der Waals surface area contributed by atoms with Crippen molar-refractivity contribution in [2.45, 2.75) is 73.8 Å². The number of carbonyl (C=O) groups excluding carboxylic acids is 4. The zero-order valence-electron chi connectivity index (χ0n) is 24.9. The highest BCUT2D eigenvalue weighted by Gasteiger charge is 2.28. The van der Waals surface area contributed by atoms with Gasteiger partial charge >= 0.3 is 11.9 Å². The predicted molar refractivity (Wildman–Crippen MR) is 167 cm³/mol. The van der Waals surface area contributed by atoms with Crippen molar-refractivity contribution in [3.05, 3.63) is 28.7 Å². The van der Waals surface area contributed by atoms with Crippen LogP contribution in [0, 0.1) is 0 Å². The summed E-state index contributed by atoms with van der Waals surface area (Å²) in [5.74, 6) is 0.0293. The summed E-state index contributed by atoms with van der Waals surface area (Å²) in [4.78, 5) is 62.1. The fourth-order valence-corrected chi connectivity index (χ4v) is 5.44. The molecule has 236 valence electrons. The molecule has 1 N–H and O–H groups in total. The minimum atomic E-state index is -0.330. The van der Waals surface area contributed by atoms with Crippen LogP contribution in [0.15, 0.2) is 22.7 Å². The van der Waals surface area contributed by atoms with Crippen LogP contribution < -0.4 is 10.2 Å². The van der Waals surface area contributed by atoms with Crippen LogP contribution in [-0.2, 0) is 19.1 Å². The van der Waals surface area contributed by atoms with E-state index >= 15 is 0 Å². The normalized spacial score (nSPS) is 14.5. The van der Waals surface area contributed by atoms with Gasteiger partial charge in [0.25, 0.3) is 0 Å². The summed E-state index contributed by atoms with van der Waals surface area (Å²) in [6.07, 6.45) is 17.2. The van der Waals surface area contributed by atoms with Crippen molar-refractivity contribution in [1.29, 1.82) is 0 Å². The molecule has 12 nitrogen and oxygen atoms in total. The first-order valence-electron chi connectivity index (χ1n) is 13.8. The van der Waals surface area contributed by atoms with Gasteiger partial charge in [-0.2, -0.15) is 0 Å². The van der Waals surface area contributed by atoms with E-state index in [1.807, 2.05) is 17.4 Å². The molecule has 15 heteroatoms. The number of hydrogen-bond acceptors (Lipinski definition) is 14. The third-order valence-corrected chi connectivity index (χ3v) is 8.25. The Morgan fingerprint density at radius 1 is 0.907 bits per heavy atom. The van der Waals surface area contributed by atoms with Crippen molar-refractivity contribution in [1.82, 2.24) is 25.3 Å². The van der Waals surface area contributed by atoms with Gasteiger partial charge < -0.3 is 19.7 Å². The Kier molecular flexibility index (Phi) is 17.1. The summed E-state index contributed by atoms with van der Waals surface area (Å²) in [6.45, 7) is 0.466. The monoisotopic (exact) mass is 654 g/mol. The van der Waals surface area contributed by atoms with Crippen molar-refractivity contribution in [2.75, 3.05) is 44.7 Å². The average molecular weight is 655 g/mol. The Balaban J connectivity index is 0.000000247. The van der Waals surface area contributed by atoms with Gasteiger partial charge in [-0.25, -0.2) is 19.9 Å². The molecule has 0 unspecified atom stereocenters. The van der Waals surface area contributed by atoms with E-state index in [4.69, 9.17) is 16.3 Å². The molecule has 0 aromatic carbocycles. The standard InChI is InChI=1S/C14H19N3O3S.C8H15NO2.C6H5ClN2OS/c1-20-12(19)8-17(11-5-3-4-6-11)13-10(9-18)7-15-14(16-13)21-2;1-11-8(10)6-9-7-4-2-3-5-7;1-11-6-8-2-4(3-10)5(7)9-6/h7,9,11H,3-6,8H2,1-2H3;7,9H,2-6H2,1H3;2-3H,1H3. The first-order valence-corrected chi connectivity index (χ1v) is 16.6. The molecule has 0 bridgehead atoms. The summed E-state index contributed by atoms with van der Waals surface area (Å²) in [6, 6.07) is 0.765. The van der Waals surface area contributed by atoms with Gasteiger partial charge in [-0.05, 0) is 38.2 Å². The average Bonchev–Trinajstić information content (AvgIpc) is 3.78. The molecule has 0 saturated heterocycles. The molecule has 2 aromatic heterocycles. The number of carbonyl (C=O) groups is 4. The molecule has 43 heavy (non-hydrogen) atoms. The maximum Gasteiger partial charge on any atom is 0.325 e. The molecule has 2 saturated carbocycles. The molecule has 0 spiro atoms. The number of esters is 2. The number of nitrogens with one attached hydrogen (secondary N) is 1. The van der Waals surface area contributed by atoms with Crippen LogP contribution in [0.1, 0.15) is 72.1 Å². The topological polar surface area (TPSA) is 154 Å². The predicted octanol–water partition coefficient (Wildman–Crippen LogP) is 4.29. The van der Waals surface area contributed by atoms with Crippen molar-refractivity contribution in [2.24, 2.45) is 0 Å². The van der Waals surface area contributed by atoms with E-state index in [1.165, 1.54) is 75.8 Å². The number of nitrogens with zero attached hydrogens (tertiary/aromatic N) is 5. The van der Waals surface area contributed by atoms with Crippen LogP contribution in [-0.4, -0.2) is 96.4 Å². The zero-order valence-corrected chi connectivity index (χ0v) is 27.3. The lowest BCUT2D eigenvalue weighted by Crippen LogP contribution is -2.39. The van der Waals surface area contributed by atoms with Crippen LogP contribution in [0.5, 0.6) is 0 Å². The maximum atomic E-state index is 11.7. The van der Waals surface area contributed by atoms with Gasteiger partial charge in [0.05, 0.1) is 31.9 Å². The Morgan fingerprint density at radius 2 is 1.44 bits per heavy atom. The number of ether oxygens (including phenoxy) is 2. The first kappa shape index (κ1) is 36.4. The molecular formula is C28H39ClN6O6S2. The SMILES string of the molecule is COC(=O)CN(c1nc(SC)ncc1C=O)C1CCCC1.COC(=O)CNC1CCCC1.CSc1ncc(C=O)c(Cl)n1. The number of aromatic nitrogens is 4. The minimum Gasteiger partial charge on any atom is -0.468 e. The third kappa shape index (κ3) is 12.4. The molecule has 2 aliphatic carbocycles. The summed E-state index contributed by atoms with van der Waals surface area (Å²) in [5, 5.41) is 4.52. The summed E-state index contributed by atoms with van der Waals surface area (Å²) in [5.41, 5.74) is 0.730. The van der Waals surface area contributed by atoms with Crippen molar-refractivity contribution >= 4 is 65.5 Å². The van der Waals surface area contributed by atoms with Gasteiger partial charge in [0.2, 0.25) is 0 Å². The van der Waals surface area contributed by atoms with Gasteiger partial charge in [0.1, 0.15) is 17.5 Å². The Labute approximate surface area is 265 Å². The van der Waals surface area contributed by atoms with Crippen LogP contribution in [0.25, 0.3) is 0 Å². The maximum absolute atomic E-state index is 11.7. The van der Waals surface area contributed by atoms with E-state index < -0.39 is 0 Å². The van der Waals surface area contributed by atoms with E-state index in [-0.39, 0.29) is 29.7 Å². The highest BCUT2D eigenvalue weighted by molar-refractivity contribution is 7.98. The van der Waals surface area contributed by atoms with Crippen LogP contribution in [0.2, 0.25) is 5.15 Å². The fraction of sp³-hybridized carbons (Fsp3) is 0.571. The second-order valence-corrected chi connectivity index (χ2v) is 11.5. The molecule has 0 aliphatic heterocycles. The number of rotatable bonds is 11. The summed E-state index contributed by atoms with van der Waals surface area (Å²) in [7, 11) is 2.78. The van der Waals surface area contributed by atoms with Crippen molar-refractivity contribution in [3.8, 4) is 0 Å². The van der Waals surface area contributed by atoms with E-state index in [9.17, 15) is 19.2 Å². The van der Waals surface area contributed by atoms with E-state index in [0.717, 1.165) is 32.0 Å². The Hall–Kier alpha value is -2.81. The Bertz CT molecular complexity index is 1200. The van der Waals surface area contributed by atoms with Crippen LogP contribution in [0.3, 0.4) is 0 Å². The molecule has 0 amide bonds. The lowest BCUT2D eigenvalue weighted by atomic mass is 10.2. The Morgan fingerprint density at radius 3 is 1.95 bits per heavy atom. The molecule has 2 fully saturated rings. The van der Waals surface area contributed by atoms with Crippen LogP contribution >= 0.6 is 35.1 Å².